The Balaban J connectivity index is 1.55. The molecule has 1 aromatic heterocycles. The topological polar surface area (TPSA) is 77.6 Å². The van der Waals surface area contributed by atoms with E-state index in [0.717, 1.165) is 48.5 Å². The van der Waals surface area contributed by atoms with Gasteiger partial charge in [-0.1, -0.05) is 6.92 Å². The maximum atomic E-state index is 12.7. The highest BCUT2D eigenvalue weighted by Crippen LogP contribution is 2.32. The molecule has 28 heavy (non-hydrogen) atoms. The first-order chi connectivity index (χ1) is 13.7. The van der Waals surface area contributed by atoms with Crippen LogP contribution in [0.3, 0.4) is 0 Å². The van der Waals surface area contributed by atoms with E-state index in [9.17, 15) is 9.59 Å². The summed E-state index contributed by atoms with van der Waals surface area (Å²) in [5.74, 6) is -0.223. The predicted octanol–water partition coefficient (Wildman–Crippen LogP) is 1.98. The standard InChI is InChI=1S/C21H27N5O2/c1-2-25-13-10-23-21(28)18(25)14-19(27)24-16-7-8-17(26-11-3-4-12-26)20-15(16)6-5-9-22-20/h5-9,18H,2-4,10-14H2,1H3,(H,23,28)(H,24,27). The zero-order valence-electron chi connectivity index (χ0n) is 16.3. The zero-order chi connectivity index (χ0) is 19.5. The number of fused-ring (bicyclic) bond motifs is 1. The molecule has 2 aliphatic heterocycles. The smallest absolute Gasteiger partial charge is 0.237 e. The molecule has 2 N–H and O–H groups in total. The van der Waals surface area contributed by atoms with Gasteiger partial charge in [-0.25, -0.2) is 0 Å². The first-order valence-electron chi connectivity index (χ1n) is 10.1. The minimum Gasteiger partial charge on any atom is -0.370 e. The number of piperazine rings is 1. The molecular formula is C21H27N5O2. The summed E-state index contributed by atoms with van der Waals surface area (Å²) < 4.78 is 0. The Morgan fingerprint density at radius 3 is 2.86 bits per heavy atom. The SMILES string of the molecule is CCN1CCNC(=O)C1CC(=O)Nc1ccc(N2CCCC2)c2ncccc12. The number of amides is 2. The van der Waals surface area contributed by atoms with Crippen LogP contribution in [0.4, 0.5) is 11.4 Å². The molecule has 1 aromatic carbocycles. The maximum absolute atomic E-state index is 12.7. The third kappa shape index (κ3) is 3.67. The van der Waals surface area contributed by atoms with E-state index < -0.39 is 6.04 Å². The number of likely N-dealkylation sites (N-methyl/N-ethyl adjacent to an activating group) is 1. The minimum atomic E-state index is -0.410. The summed E-state index contributed by atoms with van der Waals surface area (Å²) in [6.07, 6.45) is 4.34. The summed E-state index contributed by atoms with van der Waals surface area (Å²) in [5, 5.41) is 6.80. The van der Waals surface area contributed by atoms with Gasteiger partial charge in [-0.05, 0) is 43.7 Å². The lowest BCUT2D eigenvalue weighted by atomic mass is 10.1. The molecule has 1 unspecified atom stereocenters. The summed E-state index contributed by atoms with van der Waals surface area (Å²) in [6.45, 7) is 6.27. The van der Waals surface area contributed by atoms with Crippen molar-refractivity contribution in [2.24, 2.45) is 0 Å². The van der Waals surface area contributed by atoms with Crippen LogP contribution in [0.25, 0.3) is 10.9 Å². The number of hydrogen-bond donors (Lipinski definition) is 2. The Labute approximate surface area is 165 Å². The van der Waals surface area contributed by atoms with Gasteiger partial charge in [0.25, 0.3) is 0 Å². The lowest BCUT2D eigenvalue weighted by molar-refractivity contribution is -0.132. The number of carbonyl (C=O) groups is 2. The second-order valence-corrected chi connectivity index (χ2v) is 7.41. The first-order valence-corrected chi connectivity index (χ1v) is 10.1. The molecule has 7 nitrogen and oxygen atoms in total. The molecule has 1 atom stereocenters. The molecule has 2 amide bonds. The van der Waals surface area contributed by atoms with E-state index in [-0.39, 0.29) is 18.2 Å². The minimum absolute atomic E-state index is 0.0702. The molecule has 7 heteroatoms. The highest BCUT2D eigenvalue weighted by atomic mass is 16.2. The van der Waals surface area contributed by atoms with Crippen molar-refractivity contribution < 1.29 is 9.59 Å². The van der Waals surface area contributed by atoms with Gasteiger partial charge in [-0.15, -0.1) is 0 Å². The summed E-state index contributed by atoms with van der Waals surface area (Å²) >= 11 is 0. The summed E-state index contributed by atoms with van der Waals surface area (Å²) in [6, 6.07) is 7.46. The van der Waals surface area contributed by atoms with Crippen LogP contribution >= 0.6 is 0 Å². The van der Waals surface area contributed by atoms with Crippen LogP contribution in [0, 0.1) is 0 Å². The van der Waals surface area contributed by atoms with Crippen LogP contribution in [0.5, 0.6) is 0 Å². The summed E-state index contributed by atoms with van der Waals surface area (Å²) in [4.78, 5) is 33.9. The first kappa shape index (κ1) is 18.7. The Morgan fingerprint density at radius 2 is 2.07 bits per heavy atom. The normalized spacial score (nSPS) is 20.4. The van der Waals surface area contributed by atoms with E-state index in [1.807, 2.05) is 31.2 Å². The van der Waals surface area contributed by atoms with E-state index in [1.54, 1.807) is 6.20 Å². The summed E-state index contributed by atoms with van der Waals surface area (Å²) in [5.41, 5.74) is 2.78. The van der Waals surface area contributed by atoms with Gasteiger partial charge < -0.3 is 15.5 Å². The number of nitrogens with one attached hydrogen (secondary N) is 2. The van der Waals surface area contributed by atoms with Crippen LogP contribution in [0.2, 0.25) is 0 Å². The van der Waals surface area contributed by atoms with Crippen molar-refractivity contribution in [2.75, 3.05) is 42.9 Å². The van der Waals surface area contributed by atoms with Gasteiger partial charge in [0.05, 0.1) is 29.4 Å². The van der Waals surface area contributed by atoms with Crippen LogP contribution < -0.4 is 15.5 Å². The highest BCUT2D eigenvalue weighted by molar-refractivity contribution is 6.06. The van der Waals surface area contributed by atoms with Crippen molar-refractivity contribution >= 4 is 34.1 Å². The molecule has 0 bridgehead atoms. The number of nitrogens with zero attached hydrogens (tertiary/aromatic N) is 3. The lowest BCUT2D eigenvalue weighted by Gasteiger charge is -2.33. The number of pyridine rings is 1. The second-order valence-electron chi connectivity index (χ2n) is 7.41. The number of benzene rings is 1. The quantitative estimate of drug-likeness (QED) is 0.828. The molecule has 2 aliphatic rings. The number of hydrogen-bond acceptors (Lipinski definition) is 5. The molecule has 2 aromatic rings. The van der Waals surface area contributed by atoms with Crippen molar-refractivity contribution in [1.29, 1.82) is 0 Å². The van der Waals surface area contributed by atoms with Gasteiger partial charge in [0.1, 0.15) is 0 Å². The average Bonchev–Trinajstić information content (AvgIpc) is 3.24. The van der Waals surface area contributed by atoms with E-state index >= 15 is 0 Å². The highest BCUT2D eigenvalue weighted by Gasteiger charge is 2.30. The van der Waals surface area contributed by atoms with Gasteiger partial charge in [-0.3, -0.25) is 19.5 Å². The Kier molecular flexibility index (Phi) is 5.43. The molecular weight excluding hydrogens is 354 g/mol. The van der Waals surface area contributed by atoms with Crippen molar-refractivity contribution in [3.8, 4) is 0 Å². The van der Waals surface area contributed by atoms with Crippen molar-refractivity contribution in [3.05, 3.63) is 30.5 Å². The average molecular weight is 381 g/mol. The summed E-state index contributed by atoms with van der Waals surface area (Å²) in [7, 11) is 0. The van der Waals surface area contributed by atoms with Crippen LogP contribution in [-0.2, 0) is 9.59 Å². The molecule has 0 aliphatic carbocycles. The maximum Gasteiger partial charge on any atom is 0.237 e. The van der Waals surface area contributed by atoms with E-state index in [2.05, 4.69) is 25.4 Å². The largest absolute Gasteiger partial charge is 0.370 e. The molecule has 2 fully saturated rings. The molecule has 148 valence electrons. The lowest BCUT2D eigenvalue weighted by Crippen LogP contribution is -2.56. The van der Waals surface area contributed by atoms with Gasteiger partial charge in [-0.2, -0.15) is 0 Å². The van der Waals surface area contributed by atoms with Crippen molar-refractivity contribution in [1.82, 2.24) is 15.2 Å². The molecule has 0 saturated carbocycles. The van der Waals surface area contributed by atoms with Crippen LogP contribution in [0.1, 0.15) is 26.2 Å². The third-order valence-electron chi connectivity index (χ3n) is 5.70. The molecule has 0 radical (unpaired) electrons. The Hall–Kier alpha value is -2.67. The fourth-order valence-corrected chi connectivity index (χ4v) is 4.22. The van der Waals surface area contributed by atoms with Gasteiger partial charge in [0.15, 0.2) is 0 Å². The number of rotatable bonds is 5. The van der Waals surface area contributed by atoms with Gasteiger partial charge >= 0.3 is 0 Å². The third-order valence-corrected chi connectivity index (χ3v) is 5.70. The Morgan fingerprint density at radius 1 is 1.25 bits per heavy atom. The fourth-order valence-electron chi connectivity index (χ4n) is 4.22. The predicted molar refractivity (Wildman–Crippen MR) is 110 cm³/mol. The van der Waals surface area contributed by atoms with Gasteiger partial charge in [0.2, 0.25) is 11.8 Å². The van der Waals surface area contributed by atoms with Crippen LogP contribution in [0.15, 0.2) is 30.5 Å². The van der Waals surface area contributed by atoms with E-state index in [0.29, 0.717) is 6.54 Å². The molecule has 4 rings (SSSR count). The van der Waals surface area contributed by atoms with Crippen LogP contribution in [-0.4, -0.2) is 60.5 Å². The van der Waals surface area contributed by atoms with Crippen molar-refractivity contribution in [2.45, 2.75) is 32.2 Å². The molecule has 2 saturated heterocycles. The molecule has 3 heterocycles. The molecule has 0 spiro atoms. The Bertz CT molecular complexity index is 878. The van der Waals surface area contributed by atoms with E-state index in [4.69, 9.17) is 0 Å². The van der Waals surface area contributed by atoms with E-state index in [1.165, 1.54) is 12.8 Å². The van der Waals surface area contributed by atoms with Gasteiger partial charge in [0, 0.05) is 37.8 Å². The zero-order valence-corrected chi connectivity index (χ0v) is 16.3. The number of aromatic nitrogens is 1. The number of carbonyl (C=O) groups excluding carboxylic acids is 2. The monoisotopic (exact) mass is 381 g/mol. The second kappa shape index (κ2) is 8.14. The number of anilines is 2. The van der Waals surface area contributed by atoms with Crippen molar-refractivity contribution in [3.63, 3.8) is 0 Å². The fraction of sp³-hybridized carbons (Fsp3) is 0.476.